The molecule has 0 aliphatic heterocycles. The topological polar surface area (TPSA) is 50.2 Å². The number of hydrogen-bond donors (Lipinski definition) is 1. The Labute approximate surface area is 171 Å². The Morgan fingerprint density at radius 1 is 1.14 bits per heavy atom. The van der Waals surface area contributed by atoms with Gasteiger partial charge in [0.2, 0.25) is 5.91 Å². The summed E-state index contributed by atoms with van der Waals surface area (Å²) >= 11 is 1.58. The zero-order chi connectivity index (χ0) is 20.3. The van der Waals surface area contributed by atoms with Gasteiger partial charge in [-0.3, -0.25) is 19.1 Å². The van der Waals surface area contributed by atoms with Crippen molar-refractivity contribution in [3.05, 3.63) is 54.5 Å². The monoisotopic (exact) mass is 396 g/mol. The van der Waals surface area contributed by atoms with Crippen molar-refractivity contribution in [2.24, 2.45) is 5.41 Å². The molecule has 3 rings (SSSR count). The van der Waals surface area contributed by atoms with Crippen LogP contribution in [0.15, 0.2) is 48.9 Å². The van der Waals surface area contributed by atoms with E-state index in [1.165, 1.54) is 5.56 Å². The Hall–Kier alpha value is -2.15. The summed E-state index contributed by atoms with van der Waals surface area (Å²) in [5.41, 5.74) is 3.88. The smallest absolute Gasteiger partial charge is 0.236 e. The first-order chi connectivity index (χ1) is 13.3. The van der Waals surface area contributed by atoms with Gasteiger partial charge in [-0.05, 0) is 55.4 Å². The summed E-state index contributed by atoms with van der Waals surface area (Å²) in [6.07, 6.45) is 6.45. The van der Waals surface area contributed by atoms with Gasteiger partial charge in [0.15, 0.2) is 0 Å². The van der Waals surface area contributed by atoms with Crippen molar-refractivity contribution in [1.82, 2.24) is 18.6 Å². The molecule has 0 amide bonds. The second-order valence-electron chi connectivity index (χ2n) is 8.10. The number of rotatable bonds is 6. The molecule has 1 N–H and O–H groups in total. The molecule has 0 spiro atoms. The Kier molecular flexibility index (Phi) is 6.23. The highest BCUT2D eigenvalue weighted by Crippen LogP contribution is 2.30. The molecule has 5 nitrogen and oxygen atoms in total. The van der Waals surface area contributed by atoms with Crippen molar-refractivity contribution in [1.29, 1.82) is 0 Å². The zero-order valence-corrected chi connectivity index (χ0v) is 18.0. The Morgan fingerprint density at radius 2 is 1.86 bits per heavy atom. The molecule has 0 radical (unpaired) electrons. The van der Waals surface area contributed by atoms with E-state index >= 15 is 0 Å². The van der Waals surface area contributed by atoms with Crippen LogP contribution in [0.4, 0.5) is 0 Å². The van der Waals surface area contributed by atoms with E-state index in [0.29, 0.717) is 0 Å². The van der Waals surface area contributed by atoms with Gasteiger partial charge >= 0.3 is 0 Å². The maximum Gasteiger partial charge on any atom is 0.236 e. The fourth-order valence-electron chi connectivity index (χ4n) is 3.11. The van der Waals surface area contributed by atoms with Gasteiger partial charge in [-0.25, -0.2) is 4.31 Å². The summed E-state index contributed by atoms with van der Waals surface area (Å²) in [4.78, 5) is 17.2. The maximum atomic E-state index is 13.1. The molecule has 6 heteroatoms. The molecule has 0 aliphatic carbocycles. The maximum absolute atomic E-state index is 13.1. The van der Waals surface area contributed by atoms with Crippen LogP contribution in [0.5, 0.6) is 0 Å². The van der Waals surface area contributed by atoms with E-state index in [9.17, 15) is 4.79 Å². The van der Waals surface area contributed by atoms with Crippen molar-refractivity contribution in [3.63, 3.8) is 0 Å². The van der Waals surface area contributed by atoms with Crippen molar-refractivity contribution < 1.29 is 4.79 Å². The van der Waals surface area contributed by atoms with Crippen LogP contribution < -0.4 is 4.72 Å². The zero-order valence-electron chi connectivity index (χ0n) is 17.2. The number of carbonyl (C=O) groups is 1. The summed E-state index contributed by atoms with van der Waals surface area (Å²) in [7, 11) is 4.01. The molecule has 0 bridgehead atoms. The minimum Gasteiger partial charge on any atom is -0.286 e. The summed E-state index contributed by atoms with van der Waals surface area (Å²) in [5, 5.41) is 1.13. The molecule has 0 saturated carbocycles. The first-order valence-corrected chi connectivity index (χ1v) is 10.2. The molecule has 148 valence electrons. The highest BCUT2D eigenvalue weighted by molar-refractivity contribution is 7.95. The van der Waals surface area contributed by atoms with Crippen molar-refractivity contribution in [2.75, 3.05) is 20.6 Å². The highest BCUT2D eigenvalue weighted by Gasteiger charge is 2.25. The SMILES string of the molecule is CN(C)SNCCc1cn(C(=O)C(C)(C)C)c2cc(-c3ccncc3)ccc12. The van der Waals surface area contributed by atoms with Gasteiger partial charge in [0, 0.05) is 48.1 Å². The Balaban J connectivity index is 2.01. The Bertz CT molecular complexity index is 958. The third kappa shape index (κ3) is 4.63. The van der Waals surface area contributed by atoms with E-state index in [2.05, 4.69) is 27.9 Å². The predicted octanol–water partition coefficient (Wildman–Crippen LogP) is 4.65. The fraction of sp³-hybridized carbons (Fsp3) is 0.364. The molecule has 2 aromatic heterocycles. The lowest BCUT2D eigenvalue weighted by atomic mass is 9.95. The van der Waals surface area contributed by atoms with Crippen LogP contribution in [0.1, 0.15) is 31.1 Å². The lowest BCUT2D eigenvalue weighted by Gasteiger charge is -2.18. The van der Waals surface area contributed by atoms with Crippen LogP contribution in [0.3, 0.4) is 0 Å². The van der Waals surface area contributed by atoms with Gasteiger partial charge in [-0.2, -0.15) is 0 Å². The van der Waals surface area contributed by atoms with Crippen molar-refractivity contribution in [2.45, 2.75) is 27.2 Å². The third-order valence-electron chi connectivity index (χ3n) is 4.51. The number of nitrogens with zero attached hydrogens (tertiary/aromatic N) is 3. The molecular formula is C22H28N4OS. The standard InChI is InChI=1S/C22H28N4OS/c1-22(2,3)21(27)26-15-18(10-13-24-28-25(4)5)19-7-6-17(14-20(19)26)16-8-11-23-12-9-16/h6-9,11-12,14-15,24H,10,13H2,1-5H3. The molecule has 28 heavy (non-hydrogen) atoms. The molecule has 0 unspecified atom stereocenters. The van der Waals surface area contributed by atoms with Crippen LogP contribution in [0.2, 0.25) is 0 Å². The second-order valence-corrected chi connectivity index (χ2v) is 9.30. The first kappa shape index (κ1) is 20.6. The van der Waals surface area contributed by atoms with Gasteiger partial charge in [0.25, 0.3) is 0 Å². The summed E-state index contributed by atoms with van der Waals surface area (Å²) < 4.78 is 7.19. The highest BCUT2D eigenvalue weighted by atomic mass is 32.2. The quantitative estimate of drug-likeness (QED) is 0.486. The molecule has 3 aromatic rings. The van der Waals surface area contributed by atoms with E-state index < -0.39 is 5.41 Å². The van der Waals surface area contributed by atoms with E-state index in [1.807, 2.05) is 62.1 Å². The van der Waals surface area contributed by atoms with E-state index in [0.717, 1.165) is 35.0 Å². The van der Waals surface area contributed by atoms with Crippen molar-refractivity contribution in [3.8, 4) is 11.1 Å². The number of carbonyl (C=O) groups excluding carboxylic acids is 1. The molecule has 0 aliphatic rings. The number of pyridine rings is 1. The Morgan fingerprint density at radius 3 is 2.50 bits per heavy atom. The molecule has 0 atom stereocenters. The summed E-state index contributed by atoms with van der Waals surface area (Å²) in [6, 6.07) is 10.3. The third-order valence-corrected chi connectivity index (χ3v) is 5.20. The van der Waals surface area contributed by atoms with Crippen LogP contribution in [0, 0.1) is 5.41 Å². The first-order valence-electron chi connectivity index (χ1n) is 9.43. The predicted molar refractivity (Wildman–Crippen MR) is 118 cm³/mol. The lowest BCUT2D eigenvalue weighted by molar-refractivity contribution is 0.0772. The molecule has 2 heterocycles. The number of aromatic nitrogens is 2. The van der Waals surface area contributed by atoms with Crippen LogP contribution in [0.25, 0.3) is 22.0 Å². The average Bonchev–Trinajstić information content (AvgIpc) is 3.02. The summed E-state index contributed by atoms with van der Waals surface area (Å²) in [5.74, 6) is 0.103. The van der Waals surface area contributed by atoms with Gasteiger partial charge in [-0.15, -0.1) is 0 Å². The lowest BCUT2D eigenvalue weighted by Crippen LogP contribution is -2.26. The van der Waals surface area contributed by atoms with E-state index in [4.69, 9.17) is 0 Å². The largest absolute Gasteiger partial charge is 0.286 e. The summed E-state index contributed by atoms with van der Waals surface area (Å²) in [6.45, 7) is 6.71. The minimum atomic E-state index is -0.449. The molecular weight excluding hydrogens is 368 g/mol. The van der Waals surface area contributed by atoms with Gasteiger partial charge in [0.05, 0.1) is 5.52 Å². The number of nitrogens with one attached hydrogen (secondary N) is 1. The second kappa shape index (κ2) is 8.47. The number of fused-ring (bicyclic) bond motifs is 1. The van der Waals surface area contributed by atoms with Gasteiger partial charge in [-0.1, -0.05) is 32.9 Å². The van der Waals surface area contributed by atoms with Gasteiger partial charge in [0.1, 0.15) is 0 Å². The van der Waals surface area contributed by atoms with E-state index in [1.54, 1.807) is 24.5 Å². The van der Waals surface area contributed by atoms with Crippen molar-refractivity contribution >= 4 is 28.9 Å². The number of benzene rings is 1. The van der Waals surface area contributed by atoms with Crippen LogP contribution in [-0.2, 0) is 6.42 Å². The van der Waals surface area contributed by atoms with E-state index in [-0.39, 0.29) is 5.91 Å². The molecule has 1 aromatic carbocycles. The average molecular weight is 397 g/mol. The minimum absolute atomic E-state index is 0.103. The van der Waals surface area contributed by atoms with Crippen LogP contribution in [-0.4, -0.2) is 40.4 Å². The van der Waals surface area contributed by atoms with Gasteiger partial charge < -0.3 is 0 Å². The molecule has 0 saturated heterocycles. The van der Waals surface area contributed by atoms with Crippen LogP contribution >= 0.6 is 12.1 Å². The number of hydrogen-bond acceptors (Lipinski definition) is 5. The normalized spacial score (nSPS) is 12.1. The fourth-order valence-corrected chi connectivity index (χ4v) is 3.56. The molecule has 0 fully saturated rings.